The number of oxime groups is 1. The summed E-state index contributed by atoms with van der Waals surface area (Å²) in [6, 6.07) is 7.41. The van der Waals surface area contributed by atoms with Crippen LogP contribution in [0.1, 0.15) is 19.4 Å². The van der Waals surface area contributed by atoms with Crippen molar-refractivity contribution in [2.24, 2.45) is 11.1 Å². The molecule has 76 valence electrons. The third kappa shape index (κ3) is 3.47. The summed E-state index contributed by atoms with van der Waals surface area (Å²) in [6.07, 6.45) is 1.38. The standard InChI is InChI=1S/C11H15NO2/c1-9(2)8-14-11-5-3-10(4-6-11)7-12-13/h3-7,9,13H,8H2,1-2H3. The zero-order chi connectivity index (χ0) is 10.4. The third-order valence-electron chi connectivity index (χ3n) is 1.67. The Balaban J connectivity index is 2.55. The molecule has 0 amide bonds. The van der Waals surface area contributed by atoms with Crippen LogP contribution in [0.4, 0.5) is 0 Å². The molecule has 0 bridgehead atoms. The van der Waals surface area contributed by atoms with E-state index in [0.717, 1.165) is 11.3 Å². The molecule has 0 spiro atoms. The van der Waals surface area contributed by atoms with Gasteiger partial charge in [-0.1, -0.05) is 19.0 Å². The fourth-order valence-corrected chi connectivity index (χ4v) is 0.980. The lowest BCUT2D eigenvalue weighted by molar-refractivity contribution is 0.271. The van der Waals surface area contributed by atoms with Crippen LogP contribution in [-0.4, -0.2) is 18.0 Å². The van der Waals surface area contributed by atoms with Gasteiger partial charge in [-0.25, -0.2) is 0 Å². The normalized spacial score (nSPS) is 11.1. The van der Waals surface area contributed by atoms with E-state index in [9.17, 15) is 0 Å². The highest BCUT2D eigenvalue weighted by Gasteiger charge is 1.96. The topological polar surface area (TPSA) is 41.8 Å². The molecule has 3 heteroatoms. The highest BCUT2D eigenvalue weighted by molar-refractivity contribution is 5.79. The predicted octanol–water partition coefficient (Wildman–Crippen LogP) is 2.53. The Morgan fingerprint density at radius 1 is 1.36 bits per heavy atom. The van der Waals surface area contributed by atoms with Gasteiger partial charge in [0, 0.05) is 0 Å². The van der Waals surface area contributed by atoms with Crippen molar-refractivity contribution in [3.8, 4) is 5.75 Å². The van der Waals surface area contributed by atoms with Crippen LogP contribution in [0.5, 0.6) is 5.75 Å². The van der Waals surface area contributed by atoms with Crippen LogP contribution >= 0.6 is 0 Å². The minimum Gasteiger partial charge on any atom is -0.493 e. The first-order chi connectivity index (χ1) is 6.72. The Morgan fingerprint density at radius 2 is 2.00 bits per heavy atom. The van der Waals surface area contributed by atoms with Crippen LogP contribution in [0.25, 0.3) is 0 Å². The zero-order valence-corrected chi connectivity index (χ0v) is 8.47. The molecule has 0 saturated carbocycles. The van der Waals surface area contributed by atoms with E-state index in [-0.39, 0.29) is 0 Å². The molecule has 0 aliphatic rings. The predicted molar refractivity (Wildman–Crippen MR) is 56.2 cm³/mol. The molecule has 1 aromatic rings. The fraction of sp³-hybridized carbons (Fsp3) is 0.364. The summed E-state index contributed by atoms with van der Waals surface area (Å²) in [7, 11) is 0. The smallest absolute Gasteiger partial charge is 0.119 e. The van der Waals surface area contributed by atoms with Crippen LogP contribution in [-0.2, 0) is 0 Å². The van der Waals surface area contributed by atoms with Gasteiger partial charge in [0.2, 0.25) is 0 Å². The Labute approximate surface area is 84.0 Å². The van der Waals surface area contributed by atoms with Crippen LogP contribution in [0.3, 0.4) is 0 Å². The van der Waals surface area contributed by atoms with Crippen molar-refractivity contribution in [1.29, 1.82) is 0 Å². The zero-order valence-electron chi connectivity index (χ0n) is 8.47. The molecular formula is C11H15NO2. The third-order valence-corrected chi connectivity index (χ3v) is 1.67. The minimum atomic E-state index is 0.522. The molecule has 0 saturated heterocycles. The van der Waals surface area contributed by atoms with Gasteiger partial charge in [-0.15, -0.1) is 0 Å². The van der Waals surface area contributed by atoms with Gasteiger partial charge < -0.3 is 9.94 Å². The van der Waals surface area contributed by atoms with Gasteiger partial charge in [0.15, 0.2) is 0 Å². The van der Waals surface area contributed by atoms with Crippen LogP contribution in [0.2, 0.25) is 0 Å². The summed E-state index contributed by atoms with van der Waals surface area (Å²) in [4.78, 5) is 0. The highest BCUT2D eigenvalue weighted by atomic mass is 16.5. The number of rotatable bonds is 4. The van der Waals surface area contributed by atoms with Crippen molar-refractivity contribution in [3.63, 3.8) is 0 Å². The molecule has 1 rings (SSSR count). The Kier molecular flexibility index (Phi) is 3.98. The molecule has 0 aliphatic heterocycles. The molecule has 0 aromatic heterocycles. The fourth-order valence-electron chi connectivity index (χ4n) is 0.980. The van der Waals surface area contributed by atoms with Crippen molar-refractivity contribution >= 4 is 6.21 Å². The first kappa shape index (κ1) is 10.6. The monoisotopic (exact) mass is 193 g/mol. The molecule has 0 unspecified atom stereocenters. The van der Waals surface area contributed by atoms with Crippen molar-refractivity contribution < 1.29 is 9.94 Å². The number of nitrogens with zero attached hydrogens (tertiary/aromatic N) is 1. The van der Waals surface area contributed by atoms with Crippen LogP contribution in [0, 0.1) is 5.92 Å². The largest absolute Gasteiger partial charge is 0.493 e. The number of benzene rings is 1. The molecule has 3 nitrogen and oxygen atoms in total. The van der Waals surface area contributed by atoms with E-state index in [1.165, 1.54) is 6.21 Å². The van der Waals surface area contributed by atoms with E-state index in [4.69, 9.17) is 9.94 Å². The van der Waals surface area contributed by atoms with Gasteiger partial charge in [-0.05, 0) is 35.7 Å². The second-order valence-electron chi connectivity index (χ2n) is 3.52. The van der Waals surface area contributed by atoms with E-state index < -0.39 is 0 Å². The summed E-state index contributed by atoms with van der Waals surface area (Å²) in [5.74, 6) is 1.36. The molecule has 0 aliphatic carbocycles. The van der Waals surface area contributed by atoms with Crippen molar-refractivity contribution in [2.75, 3.05) is 6.61 Å². The van der Waals surface area contributed by atoms with E-state index in [1.54, 1.807) is 0 Å². The van der Waals surface area contributed by atoms with E-state index in [1.807, 2.05) is 24.3 Å². The lowest BCUT2D eigenvalue weighted by Crippen LogP contribution is -2.04. The molecular weight excluding hydrogens is 178 g/mol. The first-order valence-electron chi connectivity index (χ1n) is 4.62. The van der Waals surface area contributed by atoms with Crippen LogP contribution < -0.4 is 4.74 Å². The lowest BCUT2D eigenvalue weighted by atomic mass is 10.2. The second kappa shape index (κ2) is 5.27. The average Bonchev–Trinajstić information content (AvgIpc) is 2.17. The minimum absolute atomic E-state index is 0.522. The maximum Gasteiger partial charge on any atom is 0.119 e. The van der Waals surface area contributed by atoms with Gasteiger partial charge in [-0.3, -0.25) is 0 Å². The Bertz CT molecular complexity index is 291. The van der Waals surface area contributed by atoms with E-state index in [2.05, 4.69) is 19.0 Å². The lowest BCUT2D eigenvalue weighted by Gasteiger charge is -2.08. The SMILES string of the molecule is CC(C)COc1ccc(C=NO)cc1. The van der Waals surface area contributed by atoms with Gasteiger partial charge in [0.05, 0.1) is 12.8 Å². The molecule has 0 heterocycles. The van der Waals surface area contributed by atoms with E-state index >= 15 is 0 Å². The number of hydrogen-bond donors (Lipinski definition) is 1. The van der Waals surface area contributed by atoms with Gasteiger partial charge >= 0.3 is 0 Å². The van der Waals surface area contributed by atoms with Crippen molar-refractivity contribution in [2.45, 2.75) is 13.8 Å². The van der Waals surface area contributed by atoms with Crippen LogP contribution in [0.15, 0.2) is 29.4 Å². The molecule has 14 heavy (non-hydrogen) atoms. The maximum absolute atomic E-state index is 8.30. The van der Waals surface area contributed by atoms with Crippen molar-refractivity contribution in [3.05, 3.63) is 29.8 Å². The summed E-state index contributed by atoms with van der Waals surface area (Å²) in [5, 5.41) is 11.2. The van der Waals surface area contributed by atoms with Gasteiger partial charge in [-0.2, -0.15) is 0 Å². The number of ether oxygens (including phenoxy) is 1. The molecule has 0 atom stereocenters. The second-order valence-corrected chi connectivity index (χ2v) is 3.52. The number of hydrogen-bond acceptors (Lipinski definition) is 3. The van der Waals surface area contributed by atoms with E-state index in [0.29, 0.717) is 12.5 Å². The molecule has 0 fully saturated rings. The Morgan fingerprint density at radius 3 is 2.50 bits per heavy atom. The highest BCUT2D eigenvalue weighted by Crippen LogP contribution is 2.12. The summed E-state index contributed by atoms with van der Waals surface area (Å²) in [5.41, 5.74) is 0.851. The quantitative estimate of drug-likeness (QED) is 0.453. The Hall–Kier alpha value is -1.51. The molecule has 1 aromatic carbocycles. The average molecular weight is 193 g/mol. The maximum atomic E-state index is 8.30. The first-order valence-corrected chi connectivity index (χ1v) is 4.62. The molecule has 1 N–H and O–H groups in total. The van der Waals surface area contributed by atoms with Gasteiger partial charge in [0.1, 0.15) is 5.75 Å². The van der Waals surface area contributed by atoms with Crippen molar-refractivity contribution in [1.82, 2.24) is 0 Å². The summed E-state index contributed by atoms with van der Waals surface area (Å²) < 4.78 is 5.49. The van der Waals surface area contributed by atoms with Gasteiger partial charge in [0.25, 0.3) is 0 Å². The summed E-state index contributed by atoms with van der Waals surface area (Å²) >= 11 is 0. The summed E-state index contributed by atoms with van der Waals surface area (Å²) in [6.45, 7) is 4.92. The molecule has 0 radical (unpaired) electrons.